The molecule has 1 aromatic carbocycles. The Morgan fingerprint density at radius 1 is 1.13 bits per heavy atom. The Balaban J connectivity index is 1.50. The Morgan fingerprint density at radius 3 is 2.53 bits per heavy atom. The van der Waals surface area contributed by atoms with Crippen LogP contribution >= 0.6 is 23.4 Å². The number of nitrogens with one attached hydrogen (secondary N) is 2. The molecule has 1 atom stereocenters. The van der Waals surface area contributed by atoms with E-state index in [9.17, 15) is 9.59 Å². The molecule has 10 nitrogen and oxygen atoms in total. The van der Waals surface area contributed by atoms with Crippen LogP contribution in [0.5, 0.6) is 11.5 Å². The molecule has 0 saturated carbocycles. The smallest absolute Gasteiger partial charge is 0.318 e. The molecule has 38 heavy (non-hydrogen) atoms. The normalized spacial score (nSPS) is 15.7. The molecule has 1 aliphatic heterocycles. The number of aromatic nitrogens is 2. The van der Waals surface area contributed by atoms with Crippen LogP contribution < -0.4 is 25.0 Å². The van der Waals surface area contributed by atoms with Crippen molar-refractivity contribution in [3.63, 3.8) is 0 Å². The van der Waals surface area contributed by atoms with Crippen LogP contribution in [0.1, 0.15) is 33.3 Å². The largest absolute Gasteiger partial charge is 0.493 e. The first-order valence-corrected chi connectivity index (χ1v) is 13.8. The number of nitrogens with zero attached hydrogens (tertiary/aromatic N) is 4. The van der Waals surface area contributed by atoms with Gasteiger partial charge in [0.1, 0.15) is 11.0 Å². The predicted octanol–water partition coefficient (Wildman–Crippen LogP) is 3.62. The van der Waals surface area contributed by atoms with Crippen LogP contribution in [-0.4, -0.2) is 84.5 Å². The zero-order valence-electron chi connectivity index (χ0n) is 22.8. The van der Waals surface area contributed by atoms with Gasteiger partial charge in [0.05, 0.1) is 20.0 Å². The van der Waals surface area contributed by atoms with E-state index in [1.54, 1.807) is 20.3 Å². The number of methoxy groups -OCH3 is 2. The van der Waals surface area contributed by atoms with Gasteiger partial charge >= 0.3 is 6.03 Å². The molecule has 3 rings (SSSR count). The van der Waals surface area contributed by atoms with Crippen molar-refractivity contribution in [1.29, 1.82) is 0 Å². The van der Waals surface area contributed by atoms with E-state index in [2.05, 4.69) is 25.5 Å². The zero-order chi connectivity index (χ0) is 27.9. The van der Waals surface area contributed by atoms with Crippen LogP contribution in [0.3, 0.4) is 0 Å². The van der Waals surface area contributed by atoms with Crippen LogP contribution in [0.15, 0.2) is 29.4 Å². The Bertz CT molecular complexity index is 1130. The van der Waals surface area contributed by atoms with Crippen molar-refractivity contribution >= 4 is 41.1 Å². The van der Waals surface area contributed by atoms with Gasteiger partial charge in [-0.05, 0) is 51.8 Å². The molecule has 0 bridgehead atoms. The fraction of sp³-hybridized carbons (Fsp3) is 0.538. The molecule has 1 aromatic heterocycles. The monoisotopic (exact) mass is 564 g/mol. The highest BCUT2D eigenvalue weighted by Gasteiger charge is 2.30. The average Bonchev–Trinajstić information content (AvgIpc) is 2.85. The lowest BCUT2D eigenvalue weighted by Gasteiger charge is -2.41. The third-order valence-electron chi connectivity index (χ3n) is 5.87. The van der Waals surface area contributed by atoms with Gasteiger partial charge in [-0.15, -0.1) is 0 Å². The van der Waals surface area contributed by atoms with Crippen molar-refractivity contribution < 1.29 is 19.1 Å². The summed E-state index contributed by atoms with van der Waals surface area (Å²) in [5.41, 5.74) is 0.735. The topological polar surface area (TPSA) is 109 Å². The number of hydrogen-bond acceptors (Lipinski definition) is 8. The second-order valence-corrected chi connectivity index (χ2v) is 11.4. The molecule has 2 aromatic rings. The minimum absolute atomic E-state index is 0.00704. The molecule has 1 saturated heterocycles. The number of ether oxygens (including phenoxy) is 2. The molecule has 3 amide bonds. The van der Waals surface area contributed by atoms with E-state index in [4.69, 9.17) is 21.1 Å². The SMILES string of the molecule is COc1ccc(CCNC(=O)CSc2nc(Cl)cc(N3CCN(C(=O)NC(C)(C)C)[C@H](C)C3)n2)cc1OC. The van der Waals surface area contributed by atoms with Gasteiger partial charge in [-0.2, -0.15) is 0 Å². The van der Waals surface area contributed by atoms with Gasteiger partial charge in [0, 0.05) is 43.8 Å². The zero-order valence-corrected chi connectivity index (χ0v) is 24.4. The number of hydrogen-bond donors (Lipinski definition) is 2. The summed E-state index contributed by atoms with van der Waals surface area (Å²) in [5.74, 6) is 2.06. The number of halogens is 1. The number of carbonyl (C=O) groups excluding carboxylic acids is 2. The fourth-order valence-electron chi connectivity index (χ4n) is 4.04. The van der Waals surface area contributed by atoms with Gasteiger partial charge in [0.15, 0.2) is 16.7 Å². The van der Waals surface area contributed by atoms with E-state index < -0.39 is 0 Å². The third kappa shape index (κ3) is 8.56. The number of anilines is 1. The van der Waals surface area contributed by atoms with Crippen molar-refractivity contribution in [2.24, 2.45) is 0 Å². The van der Waals surface area contributed by atoms with Gasteiger partial charge < -0.3 is 29.9 Å². The summed E-state index contributed by atoms with van der Waals surface area (Å²) in [7, 11) is 3.19. The maximum atomic E-state index is 12.6. The summed E-state index contributed by atoms with van der Waals surface area (Å²) >= 11 is 7.52. The van der Waals surface area contributed by atoms with Crippen molar-refractivity contribution in [2.75, 3.05) is 51.1 Å². The maximum absolute atomic E-state index is 12.6. The Labute approximate surface area is 233 Å². The average molecular weight is 565 g/mol. The second kappa shape index (κ2) is 13.2. The van der Waals surface area contributed by atoms with Crippen LogP contribution in [0, 0.1) is 0 Å². The summed E-state index contributed by atoms with van der Waals surface area (Å²) in [6, 6.07) is 7.33. The highest BCUT2D eigenvalue weighted by Crippen LogP contribution is 2.28. The van der Waals surface area contributed by atoms with Crippen molar-refractivity contribution in [3.05, 3.63) is 35.0 Å². The van der Waals surface area contributed by atoms with Crippen LogP contribution in [0.4, 0.5) is 10.6 Å². The van der Waals surface area contributed by atoms with Crippen LogP contribution in [-0.2, 0) is 11.2 Å². The lowest BCUT2D eigenvalue weighted by atomic mass is 10.1. The Hall–Kier alpha value is -2.92. The molecule has 208 valence electrons. The third-order valence-corrected chi connectivity index (χ3v) is 6.91. The first kappa shape index (κ1) is 29.6. The predicted molar refractivity (Wildman–Crippen MR) is 151 cm³/mol. The molecular formula is C26H37ClN6O4S. The quantitative estimate of drug-likeness (QED) is 0.270. The molecule has 2 heterocycles. The molecule has 0 spiro atoms. The van der Waals surface area contributed by atoms with E-state index >= 15 is 0 Å². The summed E-state index contributed by atoms with van der Waals surface area (Å²) in [6.45, 7) is 10.2. The molecule has 2 N–H and O–H groups in total. The van der Waals surface area contributed by atoms with E-state index in [0.717, 1.165) is 5.56 Å². The van der Waals surface area contributed by atoms with E-state index in [1.165, 1.54) is 11.8 Å². The Morgan fingerprint density at radius 2 is 1.87 bits per heavy atom. The molecule has 12 heteroatoms. The number of carbonyl (C=O) groups is 2. The first-order valence-electron chi connectivity index (χ1n) is 12.5. The number of rotatable bonds is 9. The molecule has 0 aliphatic carbocycles. The maximum Gasteiger partial charge on any atom is 0.318 e. The van der Waals surface area contributed by atoms with Gasteiger partial charge in [0.2, 0.25) is 5.91 Å². The van der Waals surface area contributed by atoms with Crippen LogP contribution in [0.25, 0.3) is 0 Å². The van der Waals surface area contributed by atoms with E-state index in [0.29, 0.717) is 60.2 Å². The fourth-order valence-corrected chi connectivity index (χ4v) is 4.95. The number of amides is 3. The van der Waals surface area contributed by atoms with E-state index in [-0.39, 0.29) is 29.3 Å². The highest BCUT2D eigenvalue weighted by molar-refractivity contribution is 7.99. The van der Waals surface area contributed by atoms with Crippen LogP contribution in [0.2, 0.25) is 5.15 Å². The molecular weight excluding hydrogens is 528 g/mol. The van der Waals surface area contributed by atoms with Crippen molar-refractivity contribution in [2.45, 2.75) is 50.9 Å². The van der Waals surface area contributed by atoms with Gasteiger partial charge in [-0.1, -0.05) is 29.4 Å². The minimum atomic E-state index is -0.296. The number of thioether (sulfide) groups is 1. The van der Waals surface area contributed by atoms with E-state index in [1.807, 2.05) is 50.8 Å². The molecule has 0 radical (unpaired) electrons. The molecule has 1 fully saturated rings. The minimum Gasteiger partial charge on any atom is -0.493 e. The van der Waals surface area contributed by atoms with Gasteiger partial charge in [-0.25, -0.2) is 14.8 Å². The first-order chi connectivity index (χ1) is 18.0. The molecule has 0 unspecified atom stereocenters. The summed E-state index contributed by atoms with van der Waals surface area (Å²) in [6.07, 6.45) is 0.659. The summed E-state index contributed by atoms with van der Waals surface area (Å²) in [4.78, 5) is 37.9. The number of benzene rings is 1. The number of piperazine rings is 1. The summed E-state index contributed by atoms with van der Waals surface area (Å²) < 4.78 is 10.6. The Kier molecular flexibility index (Phi) is 10.3. The van der Waals surface area contributed by atoms with Crippen molar-refractivity contribution in [3.8, 4) is 11.5 Å². The molecule has 1 aliphatic rings. The van der Waals surface area contributed by atoms with Gasteiger partial charge in [-0.3, -0.25) is 4.79 Å². The standard InChI is InChI=1S/C26H37ClN6O4S/c1-17-15-32(11-12-33(17)25(35)31-26(2,3)4)22-14-21(27)29-24(30-22)38-16-23(34)28-10-9-18-7-8-19(36-5)20(13-18)37-6/h7-8,13-14,17H,9-12,15-16H2,1-6H3,(H,28,34)(H,31,35)/t17-/m1/s1. The summed E-state index contributed by atoms with van der Waals surface area (Å²) in [5, 5.41) is 6.69. The second-order valence-electron chi connectivity index (χ2n) is 10.1. The lowest BCUT2D eigenvalue weighted by molar-refractivity contribution is -0.118. The van der Waals surface area contributed by atoms with Gasteiger partial charge in [0.25, 0.3) is 0 Å². The lowest BCUT2D eigenvalue weighted by Crippen LogP contribution is -2.59. The highest BCUT2D eigenvalue weighted by atomic mass is 35.5. The van der Waals surface area contributed by atoms with Crippen molar-refractivity contribution in [1.82, 2.24) is 25.5 Å². The number of urea groups is 1.